The number of imidazole rings is 1. The van der Waals surface area contributed by atoms with E-state index in [0.29, 0.717) is 6.54 Å². The number of aromatic nitrogens is 2. The lowest BCUT2D eigenvalue weighted by atomic mass is 10.1. The van der Waals surface area contributed by atoms with Crippen LogP contribution < -0.4 is 5.32 Å². The molecule has 84 valence electrons. The van der Waals surface area contributed by atoms with Crippen LogP contribution in [0.25, 0.3) is 0 Å². The predicted molar refractivity (Wildman–Crippen MR) is 62.7 cm³/mol. The summed E-state index contributed by atoms with van der Waals surface area (Å²) in [6.07, 6.45) is 3.56. The van der Waals surface area contributed by atoms with Gasteiger partial charge in [0.1, 0.15) is 5.82 Å². The van der Waals surface area contributed by atoms with Crippen LogP contribution in [0, 0.1) is 5.92 Å². The number of rotatable bonds is 4. The zero-order valence-electron chi connectivity index (χ0n) is 9.27. The van der Waals surface area contributed by atoms with Crippen LogP contribution in [-0.4, -0.2) is 20.7 Å². The van der Waals surface area contributed by atoms with Crippen molar-refractivity contribution in [3.63, 3.8) is 0 Å². The van der Waals surface area contributed by atoms with Gasteiger partial charge in [0.2, 0.25) is 5.91 Å². The number of aryl methyl sites for hydroxylation is 1. The molecule has 1 unspecified atom stereocenters. The van der Waals surface area contributed by atoms with E-state index >= 15 is 0 Å². The number of hydrogen-bond acceptors (Lipinski definition) is 3. The third kappa shape index (κ3) is 3.27. The van der Waals surface area contributed by atoms with Crippen molar-refractivity contribution >= 4 is 18.5 Å². The zero-order chi connectivity index (χ0) is 11.4. The van der Waals surface area contributed by atoms with Gasteiger partial charge in [-0.3, -0.25) is 4.79 Å². The maximum Gasteiger partial charge on any atom is 0.233 e. The van der Waals surface area contributed by atoms with Crippen molar-refractivity contribution in [2.24, 2.45) is 13.0 Å². The second-order valence-corrected chi connectivity index (χ2v) is 4.42. The van der Waals surface area contributed by atoms with E-state index in [1.807, 2.05) is 31.7 Å². The Bertz CT molecular complexity index is 335. The smallest absolute Gasteiger partial charge is 0.233 e. The molecule has 1 rings (SSSR count). The molecule has 0 saturated heterocycles. The van der Waals surface area contributed by atoms with Crippen LogP contribution in [0.2, 0.25) is 0 Å². The fraction of sp³-hybridized carbons (Fsp3) is 0.600. The predicted octanol–water partition coefficient (Wildman–Crippen LogP) is 0.991. The van der Waals surface area contributed by atoms with Crippen molar-refractivity contribution in [3.8, 4) is 0 Å². The molecule has 1 aromatic heterocycles. The van der Waals surface area contributed by atoms with Crippen molar-refractivity contribution in [3.05, 3.63) is 18.2 Å². The Kier molecular flexibility index (Phi) is 4.20. The third-order valence-corrected chi connectivity index (χ3v) is 3.07. The van der Waals surface area contributed by atoms with Crippen LogP contribution in [0.15, 0.2) is 12.4 Å². The van der Waals surface area contributed by atoms with Crippen molar-refractivity contribution in [1.82, 2.24) is 14.9 Å². The molecular formula is C10H17N3OS. The molecule has 1 N–H and O–H groups in total. The molecular weight excluding hydrogens is 210 g/mol. The van der Waals surface area contributed by atoms with Gasteiger partial charge in [-0.1, -0.05) is 13.8 Å². The summed E-state index contributed by atoms with van der Waals surface area (Å²) >= 11 is 4.24. The molecule has 5 heteroatoms. The SMILES string of the molecule is CC(C)C(S)C(=O)NCc1nccn1C. The molecule has 1 amide bonds. The number of thiol groups is 1. The van der Waals surface area contributed by atoms with Crippen LogP contribution >= 0.6 is 12.6 Å². The lowest BCUT2D eigenvalue weighted by molar-refractivity contribution is -0.121. The topological polar surface area (TPSA) is 46.9 Å². The quantitative estimate of drug-likeness (QED) is 0.754. The summed E-state index contributed by atoms with van der Waals surface area (Å²) in [6.45, 7) is 4.39. The van der Waals surface area contributed by atoms with Gasteiger partial charge < -0.3 is 9.88 Å². The Hall–Kier alpha value is -0.970. The van der Waals surface area contributed by atoms with Crippen LogP contribution in [0.4, 0.5) is 0 Å². The van der Waals surface area contributed by atoms with Gasteiger partial charge >= 0.3 is 0 Å². The van der Waals surface area contributed by atoms with Crippen molar-refractivity contribution < 1.29 is 4.79 Å². The number of carbonyl (C=O) groups excluding carboxylic acids is 1. The highest BCUT2D eigenvalue weighted by Gasteiger charge is 2.17. The number of nitrogens with one attached hydrogen (secondary N) is 1. The Balaban J connectivity index is 2.44. The molecule has 4 nitrogen and oxygen atoms in total. The molecule has 1 aromatic rings. The second kappa shape index (κ2) is 5.21. The standard InChI is InChI=1S/C10H17N3OS/c1-7(2)9(15)10(14)12-6-8-11-4-5-13(8)3/h4-5,7,9,15H,6H2,1-3H3,(H,12,14). The minimum Gasteiger partial charge on any atom is -0.348 e. The van der Waals surface area contributed by atoms with Gasteiger partial charge in [0, 0.05) is 19.4 Å². The van der Waals surface area contributed by atoms with E-state index in [2.05, 4.69) is 22.9 Å². The zero-order valence-corrected chi connectivity index (χ0v) is 10.2. The highest BCUT2D eigenvalue weighted by Crippen LogP contribution is 2.08. The van der Waals surface area contributed by atoms with Gasteiger partial charge in [-0.05, 0) is 5.92 Å². The molecule has 15 heavy (non-hydrogen) atoms. The van der Waals surface area contributed by atoms with E-state index in [4.69, 9.17) is 0 Å². The average Bonchev–Trinajstić information content (AvgIpc) is 2.59. The molecule has 0 aromatic carbocycles. The van der Waals surface area contributed by atoms with Crippen molar-refractivity contribution in [2.45, 2.75) is 25.6 Å². The van der Waals surface area contributed by atoms with E-state index in [0.717, 1.165) is 5.82 Å². The molecule has 0 aliphatic heterocycles. The number of nitrogens with zero attached hydrogens (tertiary/aromatic N) is 2. The second-order valence-electron chi connectivity index (χ2n) is 3.86. The van der Waals surface area contributed by atoms with Crippen LogP contribution in [0.1, 0.15) is 19.7 Å². The van der Waals surface area contributed by atoms with Gasteiger partial charge in [-0.2, -0.15) is 12.6 Å². The minimum atomic E-state index is -0.259. The summed E-state index contributed by atoms with van der Waals surface area (Å²) in [6, 6.07) is 0. The highest BCUT2D eigenvalue weighted by molar-refractivity contribution is 7.81. The average molecular weight is 227 g/mol. The van der Waals surface area contributed by atoms with Gasteiger partial charge in [0.15, 0.2) is 0 Å². The fourth-order valence-corrected chi connectivity index (χ4v) is 1.23. The lowest BCUT2D eigenvalue weighted by Crippen LogP contribution is -2.34. The number of amides is 1. The Labute approximate surface area is 95.5 Å². The van der Waals surface area contributed by atoms with Crippen molar-refractivity contribution in [1.29, 1.82) is 0 Å². The summed E-state index contributed by atoms with van der Waals surface area (Å²) in [5.74, 6) is 1.03. The number of hydrogen-bond donors (Lipinski definition) is 2. The van der Waals surface area contributed by atoms with E-state index in [-0.39, 0.29) is 17.1 Å². The van der Waals surface area contributed by atoms with Crippen molar-refractivity contribution in [2.75, 3.05) is 0 Å². The van der Waals surface area contributed by atoms with E-state index < -0.39 is 0 Å². The highest BCUT2D eigenvalue weighted by atomic mass is 32.1. The lowest BCUT2D eigenvalue weighted by Gasteiger charge is -2.14. The molecule has 0 aliphatic rings. The summed E-state index contributed by atoms with van der Waals surface area (Å²) in [4.78, 5) is 15.7. The summed E-state index contributed by atoms with van der Waals surface area (Å²) in [5.41, 5.74) is 0. The van der Waals surface area contributed by atoms with E-state index in [1.165, 1.54) is 0 Å². The Morgan fingerprint density at radius 1 is 1.67 bits per heavy atom. The molecule has 0 radical (unpaired) electrons. The first kappa shape index (κ1) is 12.1. The molecule has 1 heterocycles. The molecule has 0 spiro atoms. The number of carbonyl (C=O) groups is 1. The largest absolute Gasteiger partial charge is 0.348 e. The first-order valence-corrected chi connectivity index (χ1v) is 5.46. The molecule has 0 saturated carbocycles. The van der Waals surface area contributed by atoms with Gasteiger partial charge in [-0.25, -0.2) is 4.98 Å². The van der Waals surface area contributed by atoms with Crippen LogP contribution in [0.3, 0.4) is 0 Å². The summed E-state index contributed by atoms with van der Waals surface area (Å²) in [5, 5.41) is 2.55. The summed E-state index contributed by atoms with van der Waals surface area (Å²) < 4.78 is 1.88. The Morgan fingerprint density at radius 3 is 2.80 bits per heavy atom. The summed E-state index contributed by atoms with van der Waals surface area (Å²) in [7, 11) is 1.90. The molecule has 0 bridgehead atoms. The van der Waals surface area contributed by atoms with Gasteiger partial charge in [0.05, 0.1) is 11.8 Å². The Morgan fingerprint density at radius 2 is 2.33 bits per heavy atom. The molecule has 1 atom stereocenters. The van der Waals surface area contributed by atoms with E-state index in [9.17, 15) is 4.79 Å². The van der Waals surface area contributed by atoms with Crippen LogP contribution in [-0.2, 0) is 18.4 Å². The first-order chi connectivity index (χ1) is 7.02. The molecule has 0 aliphatic carbocycles. The normalized spacial score (nSPS) is 12.9. The minimum absolute atomic E-state index is 0.0451. The van der Waals surface area contributed by atoms with Crippen LogP contribution in [0.5, 0.6) is 0 Å². The maximum absolute atomic E-state index is 11.6. The first-order valence-electron chi connectivity index (χ1n) is 4.94. The maximum atomic E-state index is 11.6. The van der Waals surface area contributed by atoms with E-state index in [1.54, 1.807) is 6.20 Å². The third-order valence-electron chi connectivity index (χ3n) is 2.24. The van der Waals surface area contributed by atoms with Gasteiger partial charge in [0.25, 0.3) is 0 Å². The fourth-order valence-electron chi connectivity index (χ4n) is 1.14. The molecule has 0 fully saturated rings. The monoisotopic (exact) mass is 227 g/mol. The van der Waals surface area contributed by atoms with Gasteiger partial charge in [-0.15, -0.1) is 0 Å².